The molecule has 1 unspecified atom stereocenters. The van der Waals surface area contributed by atoms with E-state index in [0.29, 0.717) is 11.0 Å². The lowest BCUT2D eigenvalue weighted by molar-refractivity contribution is -0.185. The molecule has 1 aromatic rings. The van der Waals surface area contributed by atoms with Crippen LogP contribution in [0.2, 0.25) is 0 Å². The average molecular weight is 309 g/mol. The van der Waals surface area contributed by atoms with Crippen molar-refractivity contribution in [2.24, 2.45) is 0 Å². The molecule has 1 amide bonds. The Bertz CT molecular complexity index is 540. The van der Waals surface area contributed by atoms with E-state index in [1.165, 1.54) is 7.11 Å². The van der Waals surface area contributed by atoms with Gasteiger partial charge in [0, 0.05) is 19.7 Å². The van der Waals surface area contributed by atoms with Crippen molar-refractivity contribution in [3.63, 3.8) is 0 Å². The van der Waals surface area contributed by atoms with Crippen LogP contribution < -0.4 is 0 Å². The van der Waals surface area contributed by atoms with Crippen LogP contribution in [0.15, 0.2) is 18.2 Å². The van der Waals surface area contributed by atoms with Gasteiger partial charge in [-0.05, 0) is 24.1 Å². The number of rotatable bonds is 2. The van der Waals surface area contributed by atoms with E-state index in [2.05, 4.69) is 0 Å². The zero-order valence-electron chi connectivity index (χ0n) is 11.0. The van der Waals surface area contributed by atoms with E-state index >= 15 is 0 Å². The maximum Gasteiger partial charge on any atom is 0.471 e. The van der Waals surface area contributed by atoms with Crippen LogP contribution >= 0.6 is 0 Å². The molecule has 1 heterocycles. The maximum atomic E-state index is 13.3. The molecule has 1 atom stereocenters. The van der Waals surface area contributed by atoms with E-state index in [1.807, 2.05) is 0 Å². The second-order valence-electron chi connectivity index (χ2n) is 4.83. The Labute approximate surface area is 117 Å². The molecule has 8 heteroatoms. The maximum absolute atomic E-state index is 13.3. The third kappa shape index (κ3) is 2.99. The van der Waals surface area contributed by atoms with E-state index in [4.69, 9.17) is 4.74 Å². The van der Waals surface area contributed by atoms with Crippen molar-refractivity contribution in [1.82, 2.24) is 4.90 Å². The SMILES string of the molecule is COC1(c2cc(F)cc(F)c2)CCN(C(=O)C(F)(F)F)C1. The molecule has 0 aliphatic carbocycles. The molecule has 1 fully saturated rings. The standard InChI is InChI=1S/C13H12F5NO2/c1-21-12(8-4-9(14)6-10(15)5-8)2-3-19(7-12)11(20)13(16,17)18/h4-6H,2-3,7H2,1H3. The highest BCUT2D eigenvalue weighted by molar-refractivity contribution is 5.82. The van der Waals surface area contributed by atoms with Crippen LogP contribution in [-0.4, -0.2) is 37.2 Å². The zero-order chi connectivity index (χ0) is 15.8. The fraction of sp³-hybridized carbons (Fsp3) is 0.462. The summed E-state index contributed by atoms with van der Waals surface area (Å²) in [5.74, 6) is -3.71. The summed E-state index contributed by atoms with van der Waals surface area (Å²) >= 11 is 0. The summed E-state index contributed by atoms with van der Waals surface area (Å²) in [6.45, 7) is -0.616. The first-order chi connectivity index (χ1) is 9.68. The molecule has 116 valence electrons. The molecule has 0 N–H and O–H groups in total. The van der Waals surface area contributed by atoms with E-state index in [-0.39, 0.29) is 18.5 Å². The van der Waals surface area contributed by atoms with E-state index in [9.17, 15) is 26.7 Å². The van der Waals surface area contributed by atoms with Crippen molar-refractivity contribution in [2.45, 2.75) is 18.2 Å². The Kier molecular flexibility index (Phi) is 3.92. The van der Waals surface area contributed by atoms with E-state index in [1.54, 1.807) is 0 Å². The van der Waals surface area contributed by atoms with Crippen LogP contribution in [0.5, 0.6) is 0 Å². The van der Waals surface area contributed by atoms with Gasteiger partial charge in [-0.25, -0.2) is 8.78 Å². The number of halogens is 5. The molecular formula is C13H12F5NO2. The lowest BCUT2D eigenvalue weighted by Gasteiger charge is -2.28. The predicted octanol–water partition coefficient (Wildman–Crippen LogP) is 2.60. The smallest absolute Gasteiger partial charge is 0.372 e. The summed E-state index contributed by atoms with van der Waals surface area (Å²) in [5, 5.41) is 0. The summed E-state index contributed by atoms with van der Waals surface area (Å²) in [6, 6.07) is 2.64. The first-order valence-electron chi connectivity index (χ1n) is 6.06. The van der Waals surface area contributed by atoms with E-state index < -0.39 is 35.9 Å². The number of likely N-dealkylation sites (tertiary alicyclic amines) is 1. The third-order valence-corrected chi connectivity index (χ3v) is 3.54. The summed E-state index contributed by atoms with van der Waals surface area (Å²) < 4.78 is 69.1. The van der Waals surface area contributed by atoms with Gasteiger partial charge < -0.3 is 9.64 Å². The quantitative estimate of drug-likeness (QED) is 0.786. The second kappa shape index (κ2) is 5.25. The molecule has 0 spiro atoms. The Hall–Kier alpha value is -1.70. The second-order valence-corrected chi connectivity index (χ2v) is 4.83. The normalized spacial score (nSPS) is 22.7. The number of ether oxygens (including phenoxy) is 1. The van der Waals surface area contributed by atoms with Gasteiger partial charge in [-0.1, -0.05) is 0 Å². The van der Waals surface area contributed by atoms with Crippen LogP contribution in [-0.2, 0) is 15.1 Å². The minimum absolute atomic E-state index is 0.0220. The summed E-state index contributed by atoms with van der Waals surface area (Å²) in [4.78, 5) is 11.8. The summed E-state index contributed by atoms with van der Waals surface area (Å²) in [6.07, 6.45) is -4.97. The van der Waals surface area contributed by atoms with Gasteiger partial charge in [-0.3, -0.25) is 4.79 Å². The molecule has 0 radical (unpaired) electrons. The summed E-state index contributed by atoms with van der Waals surface area (Å²) in [7, 11) is 1.23. The van der Waals surface area contributed by atoms with Crippen molar-refractivity contribution >= 4 is 5.91 Å². The van der Waals surface area contributed by atoms with E-state index in [0.717, 1.165) is 12.1 Å². The fourth-order valence-electron chi connectivity index (χ4n) is 2.47. The minimum Gasteiger partial charge on any atom is -0.372 e. The molecular weight excluding hydrogens is 297 g/mol. The zero-order valence-corrected chi connectivity index (χ0v) is 11.0. The van der Waals surface area contributed by atoms with Crippen LogP contribution in [0.4, 0.5) is 22.0 Å². The van der Waals surface area contributed by atoms with Crippen LogP contribution in [0.25, 0.3) is 0 Å². The van der Waals surface area contributed by atoms with Gasteiger partial charge in [0.05, 0.1) is 6.54 Å². The van der Waals surface area contributed by atoms with Crippen molar-refractivity contribution in [1.29, 1.82) is 0 Å². The van der Waals surface area contributed by atoms with Gasteiger partial charge in [-0.2, -0.15) is 13.2 Å². The van der Waals surface area contributed by atoms with Crippen LogP contribution in [0.3, 0.4) is 0 Å². The number of alkyl halides is 3. The monoisotopic (exact) mass is 309 g/mol. The Morgan fingerprint density at radius 2 is 1.81 bits per heavy atom. The first kappa shape index (κ1) is 15.7. The molecule has 1 saturated heterocycles. The highest BCUT2D eigenvalue weighted by atomic mass is 19.4. The number of carbonyl (C=O) groups is 1. The fourth-order valence-corrected chi connectivity index (χ4v) is 2.47. The predicted molar refractivity (Wildman–Crippen MR) is 62.3 cm³/mol. The van der Waals surface area contributed by atoms with Crippen molar-refractivity contribution in [2.75, 3.05) is 20.2 Å². The minimum atomic E-state index is -4.99. The van der Waals surface area contributed by atoms with Gasteiger partial charge in [0.1, 0.15) is 17.2 Å². The molecule has 1 aromatic carbocycles. The lowest BCUT2D eigenvalue weighted by Crippen LogP contribution is -2.42. The Morgan fingerprint density at radius 1 is 1.24 bits per heavy atom. The van der Waals surface area contributed by atoms with Gasteiger partial charge in [0.2, 0.25) is 0 Å². The summed E-state index contributed by atoms with van der Waals surface area (Å²) in [5.41, 5.74) is -1.27. The number of hydrogen-bond acceptors (Lipinski definition) is 2. The average Bonchev–Trinajstić information content (AvgIpc) is 2.81. The van der Waals surface area contributed by atoms with Crippen molar-refractivity contribution in [3.05, 3.63) is 35.4 Å². The van der Waals surface area contributed by atoms with Gasteiger partial charge in [0.25, 0.3) is 0 Å². The van der Waals surface area contributed by atoms with Crippen molar-refractivity contribution < 1.29 is 31.5 Å². The lowest BCUT2D eigenvalue weighted by atomic mass is 9.92. The number of nitrogens with zero attached hydrogens (tertiary/aromatic N) is 1. The molecule has 3 nitrogen and oxygen atoms in total. The Balaban J connectivity index is 2.31. The van der Waals surface area contributed by atoms with Gasteiger partial charge in [-0.15, -0.1) is 0 Å². The van der Waals surface area contributed by atoms with Crippen LogP contribution in [0, 0.1) is 11.6 Å². The van der Waals surface area contributed by atoms with Gasteiger partial charge >= 0.3 is 12.1 Å². The molecule has 21 heavy (non-hydrogen) atoms. The molecule has 0 bridgehead atoms. The first-order valence-corrected chi connectivity index (χ1v) is 6.06. The third-order valence-electron chi connectivity index (χ3n) is 3.54. The number of amides is 1. The Morgan fingerprint density at radius 3 is 2.29 bits per heavy atom. The molecule has 1 aliphatic heterocycles. The molecule has 0 aromatic heterocycles. The van der Waals surface area contributed by atoms with Crippen molar-refractivity contribution in [3.8, 4) is 0 Å². The largest absolute Gasteiger partial charge is 0.471 e. The highest BCUT2D eigenvalue weighted by Crippen LogP contribution is 2.37. The molecule has 1 aliphatic rings. The van der Waals surface area contributed by atoms with Gasteiger partial charge in [0.15, 0.2) is 0 Å². The number of hydrogen-bond donors (Lipinski definition) is 0. The van der Waals surface area contributed by atoms with Crippen LogP contribution in [0.1, 0.15) is 12.0 Å². The number of carbonyl (C=O) groups excluding carboxylic acids is 1. The molecule has 0 saturated carbocycles. The molecule has 2 rings (SSSR count). The highest BCUT2D eigenvalue weighted by Gasteiger charge is 2.49. The number of methoxy groups -OCH3 is 1. The topological polar surface area (TPSA) is 29.5 Å². The number of benzene rings is 1.